The lowest BCUT2D eigenvalue weighted by molar-refractivity contribution is 0.439. The SMILES string of the molecule is CC(C)CCC(C)n1c(CCl)nc2c(F)cc(F)cc21. The monoisotopic (exact) mass is 300 g/mol. The number of rotatable bonds is 5. The molecule has 0 aliphatic rings. The highest BCUT2D eigenvalue weighted by atomic mass is 35.5. The van der Waals surface area contributed by atoms with Gasteiger partial charge in [0.25, 0.3) is 0 Å². The third kappa shape index (κ3) is 2.95. The predicted molar refractivity (Wildman–Crippen MR) is 78.0 cm³/mol. The molecule has 0 spiro atoms. The molecule has 1 aromatic heterocycles. The Kier molecular flexibility index (Phi) is 4.63. The zero-order valence-electron chi connectivity index (χ0n) is 12.0. The predicted octanol–water partition coefficient (Wildman–Crippen LogP) is 5.05. The van der Waals surface area contributed by atoms with Crippen LogP contribution in [0.15, 0.2) is 12.1 Å². The van der Waals surface area contributed by atoms with E-state index in [1.807, 2.05) is 11.5 Å². The molecule has 0 aliphatic carbocycles. The van der Waals surface area contributed by atoms with Gasteiger partial charge in [0.1, 0.15) is 17.2 Å². The van der Waals surface area contributed by atoms with E-state index in [0.29, 0.717) is 17.3 Å². The highest BCUT2D eigenvalue weighted by Crippen LogP contribution is 2.28. The average molecular weight is 301 g/mol. The summed E-state index contributed by atoms with van der Waals surface area (Å²) in [4.78, 5) is 4.21. The van der Waals surface area contributed by atoms with E-state index in [9.17, 15) is 8.78 Å². The maximum atomic E-state index is 13.8. The molecule has 1 heterocycles. The third-order valence-corrected chi connectivity index (χ3v) is 3.75. The van der Waals surface area contributed by atoms with Crippen LogP contribution in [-0.4, -0.2) is 9.55 Å². The topological polar surface area (TPSA) is 17.8 Å². The minimum absolute atomic E-state index is 0.109. The van der Waals surface area contributed by atoms with Gasteiger partial charge in [-0.1, -0.05) is 13.8 Å². The van der Waals surface area contributed by atoms with Gasteiger partial charge in [0.15, 0.2) is 5.82 Å². The Balaban J connectivity index is 2.49. The molecule has 0 bridgehead atoms. The highest BCUT2D eigenvalue weighted by Gasteiger charge is 2.18. The largest absolute Gasteiger partial charge is 0.324 e. The number of nitrogens with zero attached hydrogens (tertiary/aromatic N) is 2. The minimum atomic E-state index is -0.638. The molecule has 1 aromatic carbocycles. The summed E-state index contributed by atoms with van der Waals surface area (Å²) in [6, 6.07) is 2.29. The lowest BCUT2D eigenvalue weighted by atomic mass is 10.0. The Labute approximate surface area is 122 Å². The Hall–Kier alpha value is -1.16. The van der Waals surface area contributed by atoms with E-state index >= 15 is 0 Å². The van der Waals surface area contributed by atoms with Gasteiger partial charge in [0.05, 0.1) is 11.4 Å². The van der Waals surface area contributed by atoms with Crippen LogP contribution in [-0.2, 0) is 5.88 Å². The fourth-order valence-corrected chi connectivity index (χ4v) is 2.65. The summed E-state index contributed by atoms with van der Waals surface area (Å²) in [5.74, 6) is 0.124. The molecule has 2 nitrogen and oxygen atoms in total. The Bertz CT molecular complexity index is 607. The molecular weight excluding hydrogens is 282 g/mol. The van der Waals surface area contributed by atoms with Gasteiger partial charge in [-0.3, -0.25) is 0 Å². The van der Waals surface area contributed by atoms with E-state index in [1.54, 1.807) is 0 Å². The van der Waals surface area contributed by atoms with Crippen molar-refractivity contribution in [2.75, 3.05) is 0 Å². The average Bonchev–Trinajstić information content (AvgIpc) is 2.74. The smallest absolute Gasteiger partial charge is 0.153 e. The highest BCUT2D eigenvalue weighted by molar-refractivity contribution is 6.16. The second-order valence-corrected chi connectivity index (χ2v) is 5.87. The molecule has 2 rings (SSSR count). The van der Waals surface area contributed by atoms with Crippen LogP contribution < -0.4 is 0 Å². The van der Waals surface area contributed by atoms with Crippen LogP contribution in [0.25, 0.3) is 11.0 Å². The molecule has 2 aromatic rings. The fraction of sp³-hybridized carbons (Fsp3) is 0.533. The van der Waals surface area contributed by atoms with Crippen LogP contribution in [0.4, 0.5) is 8.78 Å². The fourth-order valence-electron chi connectivity index (χ4n) is 2.46. The summed E-state index contributed by atoms with van der Waals surface area (Å²) >= 11 is 5.90. The van der Waals surface area contributed by atoms with Gasteiger partial charge < -0.3 is 4.57 Å². The molecule has 5 heteroatoms. The van der Waals surface area contributed by atoms with Crippen molar-refractivity contribution in [3.8, 4) is 0 Å². The number of halogens is 3. The van der Waals surface area contributed by atoms with Gasteiger partial charge in [0.2, 0.25) is 0 Å². The van der Waals surface area contributed by atoms with Crippen molar-refractivity contribution in [2.24, 2.45) is 5.92 Å². The molecule has 0 saturated heterocycles. The van der Waals surface area contributed by atoms with Crippen LogP contribution in [0.5, 0.6) is 0 Å². The van der Waals surface area contributed by atoms with Gasteiger partial charge in [0, 0.05) is 12.1 Å². The second-order valence-electron chi connectivity index (χ2n) is 5.61. The molecule has 1 unspecified atom stereocenters. The standard InChI is InChI=1S/C15H19ClF2N2/c1-9(2)4-5-10(3)20-13-7-11(17)6-12(18)15(13)19-14(20)8-16/h6-7,9-10H,4-5,8H2,1-3H3. The first-order valence-corrected chi connectivity index (χ1v) is 7.39. The summed E-state index contributed by atoms with van der Waals surface area (Å²) in [6.07, 6.45) is 1.96. The van der Waals surface area contributed by atoms with E-state index in [-0.39, 0.29) is 17.4 Å². The second kappa shape index (κ2) is 6.08. The van der Waals surface area contributed by atoms with E-state index in [1.165, 1.54) is 6.07 Å². The molecular formula is C15H19ClF2N2. The van der Waals surface area contributed by atoms with E-state index in [0.717, 1.165) is 18.9 Å². The van der Waals surface area contributed by atoms with E-state index < -0.39 is 11.6 Å². The van der Waals surface area contributed by atoms with Crippen LogP contribution in [0.1, 0.15) is 45.5 Å². The Morgan fingerprint density at radius 1 is 1.20 bits per heavy atom. The molecule has 0 saturated carbocycles. The molecule has 0 fully saturated rings. The zero-order chi connectivity index (χ0) is 14.9. The summed E-state index contributed by atoms with van der Waals surface area (Å²) in [7, 11) is 0. The molecule has 0 aliphatic heterocycles. The first kappa shape index (κ1) is 15.2. The summed E-state index contributed by atoms with van der Waals surface area (Å²) in [5.41, 5.74) is 0.674. The number of alkyl halides is 1. The molecule has 20 heavy (non-hydrogen) atoms. The summed E-state index contributed by atoms with van der Waals surface area (Å²) in [5, 5.41) is 0. The van der Waals surface area contributed by atoms with Crippen molar-refractivity contribution in [1.29, 1.82) is 0 Å². The number of imidazole rings is 1. The van der Waals surface area contributed by atoms with Crippen molar-refractivity contribution >= 4 is 22.6 Å². The molecule has 0 amide bonds. The first-order chi connectivity index (χ1) is 9.43. The lowest BCUT2D eigenvalue weighted by Crippen LogP contribution is -2.09. The van der Waals surface area contributed by atoms with Crippen LogP contribution in [0.2, 0.25) is 0 Å². The van der Waals surface area contributed by atoms with Gasteiger partial charge in [-0.05, 0) is 31.7 Å². The quantitative estimate of drug-likeness (QED) is 0.706. The van der Waals surface area contributed by atoms with Crippen LogP contribution >= 0.6 is 11.6 Å². The van der Waals surface area contributed by atoms with E-state index in [2.05, 4.69) is 18.8 Å². The van der Waals surface area contributed by atoms with Crippen LogP contribution in [0, 0.1) is 17.6 Å². The maximum Gasteiger partial charge on any atom is 0.153 e. The van der Waals surface area contributed by atoms with Crippen molar-refractivity contribution in [2.45, 2.75) is 45.5 Å². The zero-order valence-corrected chi connectivity index (χ0v) is 12.7. The molecule has 1 atom stereocenters. The molecule has 110 valence electrons. The summed E-state index contributed by atoms with van der Waals surface area (Å²) in [6.45, 7) is 6.34. The number of aromatic nitrogens is 2. The van der Waals surface area contributed by atoms with E-state index in [4.69, 9.17) is 11.6 Å². The van der Waals surface area contributed by atoms with Crippen molar-refractivity contribution in [3.63, 3.8) is 0 Å². The van der Waals surface area contributed by atoms with Gasteiger partial charge in [-0.2, -0.15) is 0 Å². The van der Waals surface area contributed by atoms with Crippen LogP contribution in [0.3, 0.4) is 0 Å². The summed E-state index contributed by atoms with van der Waals surface area (Å²) < 4.78 is 29.1. The lowest BCUT2D eigenvalue weighted by Gasteiger charge is -2.18. The number of benzene rings is 1. The number of fused-ring (bicyclic) bond motifs is 1. The molecule has 0 radical (unpaired) electrons. The maximum absolute atomic E-state index is 13.8. The molecule has 0 N–H and O–H groups in total. The van der Waals surface area contributed by atoms with Gasteiger partial charge >= 0.3 is 0 Å². The van der Waals surface area contributed by atoms with Crippen molar-refractivity contribution in [3.05, 3.63) is 29.6 Å². The third-order valence-electron chi connectivity index (χ3n) is 3.51. The number of hydrogen-bond acceptors (Lipinski definition) is 1. The first-order valence-electron chi connectivity index (χ1n) is 6.85. The van der Waals surface area contributed by atoms with Gasteiger partial charge in [-0.15, -0.1) is 11.6 Å². The normalized spacial score (nSPS) is 13.3. The Morgan fingerprint density at radius 3 is 2.50 bits per heavy atom. The van der Waals surface area contributed by atoms with Crippen molar-refractivity contribution < 1.29 is 8.78 Å². The Morgan fingerprint density at radius 2 is 1.90 bits per heavy atom. The van der Waals surface area contributed by atoms with Crippen molar-refractivity contribution in [1.82, 2.24) is 9.55 Å². The minimum Gasteiger partial charge on any atom is -0.324 e. The number of hydrogen-bond donors (Lipinski definition) is 0. The van der Waals surface area contributed by atoms with Gasteiger partial charge in [-0.25, -0.2) is 13.8 Å².